The van der Waals surface area contributed by atoms with Gasteiger partial charge in [0.05, 0.1) is 29.6 Å². The van der Waals surface area contributed by atoms with Gasteiger partial charge in [-0.05, 0) is 53.6 Å². The molecule has 9 heteroatoms. The molecule has 4 aromatic carbocycles. The minimum atomic E-state index is -0.730. The zero-order valence-corrected chi connectivity index (χ0v) is 21.4. The smallest absolute Gasteiger partial charge is 0.315 e. The summed E-state index contributed by atoms with van der Waals surface area (Å²) in [6.07, 6.45) is 1.24. The molecule has 1 amide bonds. The summed E-state index contributed by atoms with van der Waals surface area (Å²) in [5.41, 5.74) is 7.58. The second-order valence-corrected chi connectivity index (χ2v) is 8.77. The molecule has 0 aliphatic heterocycles. The molecule has 5 rings (SSSR count). The molecule has 1 heterocycles. The molecule has 40 heavy (non-hydrogen) atoms. The zero-order chi connectivity index (χ0) is 28.1. The third-order valence-electron chi connectivity index (χ3n) is 6.28. The Bertz CT molecular complexity index is 1640. The van der Waals surface area contributed by atoms with E-state index in [0.29, 0.717) is 5.56 Å². The second kappa shape index (κ2) is 11.4. The molecular formula is C31H24N4O5. The van der Waals surface area contributed by atoms with Crippen molar-refractivity contribution in [1.29, 1.82) is 0 Å². The number of carbonyl (C=O) groups excluding carboxylic acids is 1. The van der Waals surface area contributed by atoms with Crippen LogP contribution in [0.1, 0.15) is 15.9 Å². The number of carbonyl (C=O) groups is 1. The number of aromatic nitrogens is 1. The van der Waals surface area contributed by atoms with Crippen molar-refractivity contribution in [2.75, 3.05) is 7.11 Å². The van der Waals surface area contributed by atoms with Crippen LogP contribution in [0.3, 0.4) is 0 Å². The lowest BCUT2D eigenvalue weighted by Gasteiger charge is -2.15. The molecule has 0 unspecified atom stereocenters. The standard InChI is InChI=1S/C31H24N4O5/c1-40-29-19-21(18-28(30(29)36)35(38)39)20-32-33-31(37)24-12-14-25(15-13-24)34-26(22-8-4-2-5-9-22)16-17-27(34)23-10-6-3-7-11-23/h2-20,36H,1H3,(H,33,37)/b32-20-. The molecule has 2 N–H and O–H groups in total. The first-order valence-corrected chi connectivity index (χ1v) is 12.3. The number of hydrogen-bond donors (Lipinski definition) is 2. The van der Waals surface area contributed by atoms with E-state index in [9.17, 15) is 20.0 Å². The van der Waals surface area contributed by atoms with Crippen LogP contribution in [-0.2, 0) is 0 Å². The predicted molar refractivity (Wildman–Crippen MR) is 153 cm³/mol. The Morgan fingerprint density at radius 1 is 0.900 bits per heavy atom. The van der Waals surface area contributed by atoms with Crippen molar-refractivity contribution in [3.63, 3.8) is 0 Å². The third-order valence-corrected chi connectivity index (χ3v) is 6.28. The number of methoxy groups -OCH3 is 1. The first-order valence-electron chi connectivity index (χ1n) is 12.3. The average Bonchev–Trinajstić information content (AvgIpc) is 3.44. The second-order valence-electron chi connectivity index (χ2n) is 8.77. The monoisotopic (exact) mass is 532 g/mol. The van der Waals surface area contributed by atoms with E-state index in [1.54, 1.807) is 12.1 Å². The molecular weight excluding hydrogens is 508 g/mol. The molecule has 0 saturated heterocycles. The number of aromatic hydroxyl groups is 1. The van der Waals surface area contributed by atoms with Crippen molar-refractivity contribution in [1.82, 2.24) is 9.99 Å². The minimum absolute atomic E-state index is 0.0766. The maximum atomic E-state index is 12.8. The fourth-order valence-corrected chi connectivity index (χ4v) is 4.36. The van der Waals surface area contributed by atoms with Gasteiger partial charge in [-0.15, -0.1) is 0 Å². The number of nitro benzene ring substituents is 1. The molecule has 1 aromatic heterocycles. The number of nitrogens with one attached hydrogen (secondary N) is 1. The van der Waals surface area contributed by atoms with Crippen LogP contribution in [0.5, 0.6) is 11.5 Å². The third kappa shape index (κ3) is 5.30. The van der Waals surface area contributed by atoms with E-state index in [4.69, 9.17) is 4.74 Å². The fraction of sp³-hybridized carbons (Fsp3) is 0.0323. The number of hydrogen-bond acceptors (Lipinski definition) is 6. The molecule has 0 atom stereocenters. The number of phenols is 1. The van der Waals surface area contributed by atoms with Gasteiger partial charge in [-0.25, -0.2) is 5.43 Å². The molecule has 0 saturated carbocycles. The van der Waals surface area contributed by atoms with E-state index >= 15 is 0 Å². The van der Waals surface area contributed by atoms with Gasteiger partial charge in [0, 0.05) is 22.9 Å². The highest BCUT2D eigenvalue weighted by atomic mass is 16.6. The van der Waals surface area contributed by atoms with E-state index in [-0.39, 0.29) is 11.3 Å². The zero-order valence-electron chi connectivity index (χ0n) is 21.4. The lowest BCUT2D eigenvalue weighted by Crippen LogP contribution is -2.17. The number of nitrogens with zero attached hydrogens (tertiary/aromatic N) is 3. The van der Waals surface area contributed by atoms with E-state index < -0.39 is 22.3 Å². The normalized spacial score (nSPS) is 10.9. The molecule has 0 spiro atoms. The van der Waals surface area contributed by atoms with Gasteiger partial charge in [0.2, 0.25) is 5.75 Å². The van der Waals surface area contributed by atoms with Crippen LogP contribution in [0.4, 0.5) is 5.69 Å². The fourth-order valence-electron chi connectivity index (χ4n) is 4.36. The number of nitro groups is 1. The Morgan fingerprint density at radius 2 is 1.48 bits per heavy atom. The van der Waals surface area contributed by atoms with Gasteiger partial charge in [0.25, 0.3) is 5.91 Å². The number of hydrazone groups is 1. The van der Waals surface area contributed by atoms with Crippen molar-refractivity contribution >= 4 is 17.8 Å². The summed E-state index contributed by atoms with van der Waals surface area (Å²) in [4.78, 5) is 23.2. The number of phenolic OH excluding ortho intramolecular Hbond substituents is 1. The lowest BCUT2D eigenvalue weighted by atomic mass is 10.1. The highest BCUT2D eigenvalue weighted by Crippen LogP contribution is 2.36. The Kier molecular flexibility index (Phi) is 7.36. The summed E-state index contributed by atoms with van der Waals surface area (Å²) in [6.45, 7) is 0. The number of amides is 1. The highest BCUT2D eigenvalue weighted by Gasteiger charge is 2.19. The largest absolute Gasteiger partial charge is 0.500 e. The molecule has 198 valence electrons. The topological polar surface area (TPSA) is 119 Å². The van der Waals surface area contributed by atoms with Crippen molar-refractivity contribution in [2.45, 2.75) is 0 Å². The van der Waals surface area contributed by atoms with Crippen LogP contribution in [0.15, 0.2) is 114 Å². The number of benzene rings is 4. The molecule has 9 nitrogen and oxygen atoms in total. The number of rotatable bonds is 8. The Morgan fingerprint density at radius 3 is 2.00 bits per heavy atom. The van der Waals surface area contributed by atoms with Crippen LogP contribution in [-0.4, -0.2) is 33.8 Å². The van der Waals surface area contributed by atoms with Crippen LogP contribution < -0.4 is 10.2 Å². The van der Waals surface area contributed by atoms with E-state index in [1.165, 1.54) is 19.4 Å². The Labute approximate surface area is 229 Å². The molecule has 0 fully saturated rings. The minimum Gasteiger partial charge on any atom is -0.500 e. The van der Waals surface area contributed by atoms with Crippen LogP contribution in [0.2, 0.25) is 0 Å². The van der Waals surface area contributed by atoms with Gasteiger partial charge in [-0.3, -0.25) is 14.9 Å². The van der Waals surface area contributed by atoms with Crippen LogP contribution in [0, 0.1) is 10.1 Å². The first kappa shape index (κ1) is 25.9. The van der Waals surface area contributed by atoms with Crippen molar-refractivity contribution in [3.8, 4) is 39.7 Å². The van der Waals surface area contributed by atoms with Crippen molar-refractivity contribution in [3.05, 3.63) is 130 Å². The quantitative estimate of drug-likeness (QED) is 0.140. The molecule has 0 bridgehead atoms. The Balaban J connectivity index is 1.40. The van der Waals surface area contributed by atoms with Gasteiger partial charge in [-0.2, -0.15) is 5.10 Å². The molecule has 5 aromatic rings. The summed E-state index contributed by atoms with van der Waals surface area (Å²) in [6, 6.07) is 34.0. The van der Waals surface area contributed by atoms with Gasteiger partial charge in [-0.1, -0.05) is 60.7 Å². The predicted octanol–water partition coefficient (Wildman–Crippen LogP) is 6.20. The van der Waals surface area contributed by atoms with Gasteiger partial charge < -0.3 is 14.4 Å². The van der Waals surface area contributed by atoms with Crippen molar-refractivity contribution < 1.29 is 19.6 Å². The maximum absolute atomic E-state index is 12.8. The lowest BCUT2D eigenvalue weighted by molar-refractivity contribution is -0.386. The summed E-state index contributed by atoms with van der Waals surface area (Å²) in [7, 11) is 1.28. The van der Waals surface area contributed by atoms with Gasteiger partial charge >= 0.3 is 5.69 Å². The van der Waals surface area contributed by atoms with Crippen LogP contribution >= 0.6 is 0 Å². The summed E-state index contributed by atoms with van der Waals surface area (Å²) in [5.74, 6) is -1.11. The first-order chi connectivity index (χ1) is 19.5. The van der Waals surface area contributed by atoms with Gasteiger partial charge in [0.1, 0.15) is 0 Å². The molecule has 0 aliphatic rings. The van der Waals surface area contributed by atoms with Gasteiger partial charge in [0.15, 0.2) is 5.75 Å². The molecule has 0 aliphatic carbocycles. The van der Waals surface area contributed by atoms with E-state index in [1.807, 2.05) is 48.5 Å². The van der Waals surface area contributed by atoms with E-state index in [0.717, 1.165) is 34.3 Å². The highest BCUT2D eigenvalue weighted by molar-refractivity contribution is 5.95. The average molecular weight is 533 g/mol. The summed E-state index contributed by atoms with van der Waals surface area (Å²) >= 11 is 0. The SMILES string of the molecule is COc1cc(/C=N\NC(=O)c2ccc(-n3c(-c4ccccc4)ccc3-c3ccccc3)cc2)cc([N+](=O)[O-])c1O. The summed E-state index contributed by atoms with van der Waals surface area (Å²) in [5, 5.41) is 25.0. The van der Waals surface area contributed by atoms with Crippen LogP contribution in [0.25, 0.3) is 28.2 Å². The Hall–Kier alpha value is -5.70. The van der Waals surface area contributed by atoms with Crippen molar-refractivity contribution in [2.24, 2.45) is 5.10 Å². The van der Waals surface area contributed by atoms with E-state index in [2.05, 4.69) is 51.5 Å². The maximum Gasteiger partial charge on any atom is 0.315 e. The molecule has 0 radical (unpaired) electrons. The number of ether oxygens (including phenoxy) is 1. The summed E-state index contributed by atoms with van der Waals surface area (Å²) < 4.78 is 7.13.